The second-order valence-corrected chi connectivity index (χ2v) is 6.60. The first-order valence-corrected chi connectivity index (χ1v) is 9.13. The van der Waals surface area contributed by atoms with Crippen molar-refractivity contribution in [2.24, 2.45) is 0 Å². The second-order valence-electron chi connectivity index (χ2n) is 5.57. The van der Waals surface area contributed by atoms with Gasteiger partial charge in [0.15, 0.2) is 5.76 Å². The highest BCUT2D eigenvalue weighted by atomic mass is 32.1. The van der Waals surface area contributed by atoms with Crippen molar-refractivity contribution in [2.75, 3.05) is 13.1 Å². The molecule has 0 atom stereocenters. The number of aromatic nitrogens is 2. The van der Waals surface area contributed by atoms with Gasteiger partial charge in [0.25, 0.3) is 5.89 Å². The Morgan fingerprint density at radius 1 is 1.33 bits per heavy atom. The minimum absolute atomic E-state index is 0.00506. The third-order valence-corrected chi connectivity index (χ3v) is 4.61. The number of thiophene rings is 1. The summed E-state index contributed by atoms with van der Waals surface area (Å²) in [5.74, 6) is -1.17. The van der Waals surface area contributed by atoms with Gasteiger partial charge in [0.1, 0.15) is 6.54 Å². The van der Waals surface area contributed by atoms with Crippen molar-refractivity contribution < 1.29 is 18.4 Å². The van der Waals surface area contributed by atoms with Crippen LogP contribution in [0.15, 0.2) is 49.5 Å². The normalized spacial score (nSPS) is 10.7. The van der Waals surface area contributed by atoms with Crippen LogP contribution in [0.5, 0.6) is 0 Å². The van der Waals surface area contributed by atoms with Gasteiger partial charge in [-0.2, -0.15) is 4.68 Å². The highest BCUT2D eigenvalue weighted by Crippen LogP contribution is 2.15. The summed E-state index contributed by atoms with van der Waals surface area (Å²) in [5, 5.41) is 8.65. The molecule has 1 N–H and O–H groups in total. The molecule has 0 bridgehead atoms. The number of furan rings is 1. The molecule has 0 saturated carbocycles. The average molecular weight is 390 g/mol. The molecule has 0 spiro atoms. The van der Waals surface area contributed by atoms with E-state index in [2.05, 4.69) is 10.4 Å². The van der Waals surface area contributed by atoms with E-state index < -0.39 is 11.7 Å². The zero-order valence-corrected chi connectivity index (χ0v) is 15.4. The van der Waals surface area contributed by atoms with Gasteiger partial charge in [-0.25, -0.2) is 4.79 Å². The summed E-state index contributed by atoms with van der Waals surface area (Å²) in [6, 6.07) is 7.04. The van der Waals surface area contributed by atoms with Crippen molar-refractivity contribution in [2.45, 2.75) is 20.0 Å². The highest BCUT2D eigenvalue weighted by molar-refractivity contribution is 7.09. The van der Waals surface area contributed by atoms with Crippen molar-refractivity contribution in [3.05, 3.63) is 51.3 Å². The van der Waals surface area contributed by atoms with E-state index >= 15 is 0 Å². The molecule has 0 aliphatic rings. The quantitative estimate of drug-likeness (QED) is 0.621. The Balaban J connectivity index is 1.58. The zero-order chi connectivity index (χ0) is 19.2. The molecule has 27 heavy (non-hydrogen) atoms. The van der Waals surface area contributed by atoms with Gasteiger partial charge in [-0.3, -0.25) is 9.59 Å². The van der Waals surface area contributed by atoms with Crippen LogP contribution in [-0.4, -0.2) is 39.6 Å². The number of hydrogen-bond acceptors (Lipinski definition) is 7. The smallest absolute Gasteiger partial charge is 0.437 e. The second kappa shape index (κ2) is 8.49. The van der Waals surface area contributed by atoms with Crippen molar-refractivity contribution >= 4 is 23.2 Å². The number of hydrogen-bond donors (Lipinski definition) is 1. The van der Waals surface area contributed by atoms with E-state index in [1.165, 1.54) is 11.2 Å². The third-order valence-electron chi connectivity index (χ3n) is 3.73. The minimum atomic E-state index is -0.770. The van der Waals surface area contributed by atoms with E-state index in [0.29, 0.717) is 18.8 Å². The van der Waals surface area contributed by atoms with Crippen LogP contribution in [0, 0.1) is 0 Å². The maximum atomic E-state index is 12.4. The molecule has 0 saturated heterocycles. The largest absolute Gasteiger partial charge is 0.459 e. The number of amides is 2. The molecule has 0 radical (unpaired) electrons. The summed E-state index contributed by atoms with van der Waals surface area (Å²) in [6.07, 6.45) is 1.42. The molecule has 0 aromatic carbocycles. The number of rotatable bonds is 8. The van der Waals surface area contributed by atoms with Gasteiger partial charge in [0.05, 0.1) is 19.4 Å². The van der Waals surface area contributed by atoms with Crippen LogP contribution in [0.25, 0.3) is 11.7 Å². The summed E-state index contributed by atoms with van der Waals surface area (Å²) in [4.78, 5) is 38.8. The lowest BCUT2D eigenvalue weighted by Crippen LogP contribution is -2.42. The van der Waals surface area contributed by atoms with E-state index in [0.717, 1.165) is 9.56 Å². The fraction of sp³-hybridized carbons (Fsp3) is 0.294. The van der Waals surface area contributed by atoms with Crippen molar-refractivity contribution in [1.29, 1.82) is 0 Å². The van der Waals surface area contributed by atoms with Gasteiger partial charge in [0, 0.05) is 11.4 Å². The predicted molar refractivity (Wildman–Crippen MR) is 96.9 cm³/mol. The molecule has 0 aliphatic heterocycles. The van der Waals surface area contributed by atoms with E-state index in [9.17, 15) is 14.4 Å². The molecule has 142 valence electrons. The molecule has 0 unspecified atom stereocenters. The van der Waals surface area contributed by atoms with Crippen LogP contribution in [0.2, 0.25) is 0 Å². The minimum Gasteiger partial charge on any atom is -0.459 e. The molecule has 0 aliphatic carbocycles. The number of likely N-dealkylation sites (N-methyl/N-ethyl adjacent to an activating group) is 1. The van der Waals surface area contributed by atoms with Gasteiger partial charge in [-0.05, 0) is 30.5 Å². The van der Waals surface area contributed by atoms with E-state index in [-0.39, 0.29) is 24.9 Å². The Bertz CT molecular complexity index is 943. The van der Waals surface area contributed by atoms with Gasteiger partial charge in [-0.1, -0.05) is 6.07 Å². The SMILES string of the molecule is CCN(CC(=O)NCc1cccs1)C(=O)Cn1nc(-c2ccco2)oc1=O. The Labute approximate surface area is 158 Å². The van der Waals surface area contributed by atoms with Gasteiger partial charge in [0.2, 0.25) is 11.8 Å². The van der Waals surface area contributed by atoms with Crippen molar-refractivity contribution in [3.8, 4) is 11.7 Å². The Hall–Kier alpha value is -3.14. The van der Waals surface area contributed by atoms with Gasteiger partial charge < -0.3 is 19.1 Å². The van der Waals surface area contributed by atoms with E-state index in [4.69, 9.17) is 8.83 Å². The van der Waals surface area contributed by atoms with E-state index in [1.807, 2.05) is 17.5 Å². The molecular formula is C17H18N4O5S. The summed E-state index contributed by atoms with van der Waals surface area (Å²) in [7, 11) is 0. The van der Waals surface area contributed by atoms with Crippen LogP contribution >= 0.6 is 11.3 Å². The monoisotopic (exact) mass is 390 g/mol. The van der Waals surface area contributed by atoms with Crippen LogP contribution < -0.4 is 11.1 Å². The topological polar surface area (TPSA) is 111 Å². The maximum Gasteiger partial charge on any atom is 0.437 e. The summed E-state index contributed by atoms with van der Waals surface area (Å²) in [5.41, 5.74) is 0. The summed E-state index contributed by atoms with van der Waals surface area (Å²) >= 11 is 1.54. The first kappa shape index (κ1) is 18.6. The third kappa shape index (κ3) is 4.73. The first-order valence-electron chi connectivity index (χ1n) is 8.25. The summed E-state index contributed by atoms with van der Waals surface area (Å²) in [6.45, 7) is 2.07. The lowest BCUT2D eigenvalue weighted by Gasteiger charge is -2.19. The van der Waals surface area contributed by atoms with Crippen LogP contribution in [0.4, 0.5) is 0 Å². The maximum absolute atomic E-state index is 12.4. The summed E-state index contributed by atoms with van der Waals surface area (Å²) < 4.78 is 11.0. The molecule has 2 amide bonds. The lowest BCUT2D eigenvalue weighted by atomic mass is 10.4. The molecule has 9 nitrogen and oxygen atoms in total. The van der Waals surface area contributed by atoms with Gasteiger partial charge in [-0.15, -0.1) is 16.4 Å². The van der Waals surface area contributed by atoms with Crippen molar-refractivity contribution in [3.63, 3.8) is 0 Å². The van der Waals surface area contributed by atoms with Crippen LogP contribution in [-0.2, 0) is 22.7 Å². The predicted octanol–water partition coefficient (Wildman–Crippen LogP) is 1.32. The van der Waals surface area contributed by atoms with Gasteiger partial charge >= 0.3 is 5.76 Å². The molecular weight excluding hydrogens is 372 g/mol. The number of carbonyl (C=O) groups excluding carboxylic acids is 2. The molecule has 3 aromatic heterocycles. The number of carbonyl (C=O) groups is 2. The Morgan fingerprint density at radius 3 is 2.85 bits per heavy atom. The fourth-order valence-electron chi connectivity index (χ4n) is 2.34. The van der Waals surface area contributed by atoms with Crippen LogP contribution in [0.1, 0.15) is 11.8 Å². The standard InChI is InChI=1S/C17H18N4O5S/c1-2-20(10-14(22)18-9-12-5-4-8-27-12)15(23)11-21-17(24)26-16(19-21)13-6-3-7-25-13/h3-8H,2,9-11H2,1H3,(H,18,22). The number of nitrogens with zero attached hydrogens (tertiary/aromatic N) is 3. The lowest BCUT2D eigenvalue weighted by molar-refractivity contribution is -0.136. The molecule has 3 aromatic rings. The first-order chi connectivity index (χ1) is 13.1. The Kier molecular flexibility index (Phi) is 5.87. The average Bonchev–Trinajstić information content (AvgIpc) is 3.40. The Morgan fingerprint density at radius 2 is 2.19 bits per heavy atom. The molecule has 0 fully saturated rings. The zero-order valence-electron chi connectivity index (χ0n) is 14.6. The molecule has 10 heteroatoms. The molecule has 3 heterocycles. The van der Waals surface area contributed by atoms with E-state index in [1.54, 1.807) is 30.4 Å². The number of nitrogens with one attached hydrogen (secondary N) is 1. The van der Waals surface area contributed by atoms with Crippen LogP contribution in [0.3, 0.4) is 0 Å². The highest BCUT2D eigenvalue weighted by Gasteiger charge is 2.20. The fourth-order valence-corrected chi connectivity index (χ4v) is 2.98. The molecule has 3 rings (SSSR count). The van der Waals surface area contributed by atoms with Crippen molar-refractivity contribution in [1.82, 2.24) is 20.0 Å².